The van der Waals surface area contributed by atoms with Crippen LogP contribution in [-0.2, 0) is 30.3 Å². The van der Waals surface area contributed by atoms with E-state index in [4.69, 9.17) is 24.7 Å². The highest BCUT2D eigenvalue weighted by Crippen LogP contribution is 2.37. The van der Waals surface area contributed by atoms with Crippen LogP contribution in [-0.4, -0.2) is 70.3 Å². The second kappa shape index (κ2) is 16.9. The number of carbonyl (C=O) groups is 3. The Morgan fingerprint density at radius 2 is 1.84 bits per heavy atom. The topological polar surface area (TPSA) is 151 Å². The molecule has 3 heterocycles. The van der Waals surface area contributed by atoms with E-state index >= 15 is 0 Å². The van der Waals surface area contributed by atoms with E-state index in [1.54, 1.807) is 23.1 Å². The van der Waals surface area contributed by atoms with E-state index in [9.17, 15) is 19.5 Å². The fraction of sp³-hybridized carbons (Fsp3) is 0.515. The van der Waals surface area contributed by atoms with Gasteiger partial charge in [-0.2, -0.15) is 0 Å². The SMILES string of the molecule is CC(C)C[C@H]1[C@H](C=C(CCOC2CCCCO2)C(=O)O)OC(C)(C)N1C(=O)OCc1ccccc1.NC(=O)c1ccncc1. The highest BCUT2D eigenvalue weighted by molar-refractivity contribution is 5.92. The third kappa shape index (κ3) is 10.7. The fourth-order valence-electron chi connectivity index (χ4n) is 5.15. The van der Waals surface area contributed by atoms with Gasteiger partial charge in [-0.15, -0.1) is 0 Å². The van der Waals surface area contributed by atoms with Crippen LogP contribution in [0.2, 0.25) is 0 Å². The minimum atomic E-state index is -1.02. The number of primary amides is 1. The fourth-order valence-corrected chi connectivity index (χ4v) is 5.15. The summed E-state index contributed by atoms with van der Waals surface area (Å²) in [7, 11) is 0. The number of benzene rings is 1. The normalized spacial score (nSPS) is 21.3. The number of carboxylic acids is 1. The number of ether oxygens (including phenoxy) is 4. The number of pyridine rings is 1. The van der Waals surface area contributed by atoms with Gasteiger partial charge in [0.05, 0.1) is 18.8 Å². The molecular formula is C33H45N3O8. The molecule has 2 fully saturated rings. The smallest absolute Gasteiger partial charge is 0.412 e. The molecule has 0 saturated carbocycles. The van der Waals surface area contributed by atoms with Crippen LogP contribution in [0.15, 0.2) is 66.5 Å². The number of hydrogen-bond donors (Lipinski definition) is 2. The highest BCUT2D eigenvalue weighted by Gasteiger charge is 2.50. The van der Waals surface area contributed by atoms with E-state index in [1.807, 2.05) is 44.2 Å². The van der Waals surface area contributed by atoms with E-state index in [0.717, 1.165) is 24.8 Å². The van der Waals surface area contributed by atoms with E-state index in [1.165, 1.54) is 12.4 Å². The predicted molar refractivity (Wildman–Crippen MR) is 163 cm³/mol. The molecule has 2 amide bonds. The predicted octanol–water partition coefficient (Wildman–Crippen LogP) is 5.30. The Bertz CT molecular complexity index is 1230. The molecule has 4 rings (SSSR count). The maximum atomic E-state index is 13.2. The van der Waals surface area contributed by atoms with Gasteiger partial charge in [0.1, 0.15) is 12.3 Å². The molecule has 2 aromatic rings. The van der Waals surface area contributed by atoms with Crippen molar-refractivity contribution in [3.63, 3.8) is 0 Å². The Morgan fingerprint density at radius 3 is 2.41 bits per heavy atom. The first-order valence-corrected chi connectivity index (χ1v) is 15.0. The lowest BCUT2D eigenvalue weighted by Crippen LogP contribution is -2.48. The van der Waals surface area contributed by atoms with Crippen molar-refractivity contribution in [2.24, 2.45) is 11.7 Å². The Morgan fingerprint density at radius 1 is 1.14 bits per heavy atom. The van der Waals surface area contributed by atoms with Crippen LogP contribution >= 0.6 is 0 Å². The number of hydrogen-bond acceptors (Lipinski definition) is 8. The standard InChI is InChI=1S/C27H39NO7.C6H6N2O/c1-19(2)16-22-23(17-21(25(29)30)13-15-33-24-12-8-9-14-32-24)35-27(3,4)28(22)26(31)34-18-20-10-6-5-7-11-20;7-6(9)5-1-3-8-4-2-5/h5-7,10-11,17,19,22-24H,8-9,12-16,18H2,1-4H3,(H,29,30);1-4H,(H2,7,9)/t22-,23-,24?;/m0./s1. The molecule has 240 valence electrons. The van der Waals surface area contributed by atoms with Gasteiger partial charge < -0.3 is 29.8 Å². The minimum Gasteiger partial charge on any atom is -0.478 e. The van der Waals surface area contributed by atoms with Gasteiger partial charge >= 0.3 is 12.1 Å². The van der Waals surface area contributed by atoms with Crippen molar-refractivity contribution < 1.29 is 38.4 Å². The molecule has 0 aliphatic carbocycles. The largest absolute Gasteiger partial charge is 0.478 e. The molecule has 1 unspecified atom stereocenters. The number of aliphatic carboxylic acids is 1. The Balaban J connectivity index is 0.000000502. The zero-order valence-corrected chi connectivity index (χ0v) is 26.0. The maximum absolute atomic E-state index is 13.2. The van der Waals surface area contributed by atoms with Crippen molar-refractivity contribution in [1.29, 1.82) is 0 Å². The van der Waals surface area contributed by atoms with Crippen LogP contribution in [0.1, 0.15) is 75.7 Å². The summed E-state index contributed by atoms with van der Waals surface area (Å²) in [5.74, 6) is -1.18. The lowest BCUT2D eigenvalue weighted by molar-refractivity contribution is -0.162. The average molecular weight is 612 g/mol. The number of carbonyl (C=O) groups excluding carboxylic acids is 2. The summed E-state index contributed by atoms with van der Waals surface area (Å²) in [5.41, 5.74) is 5.58. The third-order valence-electron chi connectivity index (χ3n) is 7.25. The molecule has 11 heteroatoms. The molecule has 0 radical (unpaired) electrons. The number of nitrogens with zero attached hydrogens (tertiary/aromatic N) is 2. The van der Waals surface area contributed by atoms with Gasteiger partial charge in [0.25, 0.3) is 0 Å². The van der Waals surface area contributed by atoms with Gasteiger partial charge in [0.15, 0.2) is 6.29 Å². The average Bonchev–Trinajstić information content (AvgIpc) is 3.25. The Labute approximate surface area is 259 Å². The molecule has 1 aromatic carbocycles. The first kappa shape index (κ1) is 34.7. The van der Waals surface area contributed by atoms with Crippen molar-refractivity contribution >= 4 is 18.0 Å². The molecule has 0 bridgehead atoms. The highest BCUT2D eigenvalue weighted by atomic mass is 16.7. The Hall–Kier alpha value is -3.80. The first-order valence-electron chi connectivity index (χ1n) is 15.0. The minimum absolute atomic E-state index is 0.155. The lowest BCUT2D eigenvalue weighted by atomic mass is 9.96. The Kier molecular flexibility index (Phi) is 13.3. The summed E-state index contributed by atoms with van der Waals surface area (Å²) >= 11 is 0. The number of aromatic nitrogens is 1. The molecule has 11 nitrogen and oxygen atoms in total. The summed E-state index contributed by atoms with van der Waals surface area (Å²) < 4.78 is 23.2. The summed E-state index contributed by atoms with van der Waals surface area (Å²) in [5, 5.41) is 9.84. The van der Waals surface area contributed by atoms with Gasteiger partial charge in [0.2, 0.25) is 5.91 Å². The summed E-state index contributed by atoms with van der Waals surface area (Å²) in [6.07, 6.45) is 7.12. The van der Waals surface area contributed by atoms with Crippen LogP contribution in [0.4, 0.5) is 4.79 Å². The third-order valence-corrected chi connectivity index (χ3v) is 7.25. The summed E-state index contributed by atoms with van der Waals surface area (Å²) in [4.78, 5) is 40.9. The second-order valence-corrected chi connectivity index (χ2v) is 11.7. The van der Waals surface area contributed by atoms with E-state index < -0.39 is 29.8 Å². The summed E-state index contributed by atoms with van der Waals surface area (Å²) in [6.45, 7) is 8.82. The quantitative estimate of drug-likeness (QED) is 0.323. The molecule has 3 N–H and O–H groups in total. The monoisotopic (exact) mass is 611 g/mol. The van der Waals surface area contributed by atoms with Gasteiger partial charge in [-0.1, -0.05) is 44.2 Å². The molecular weight excluding hydrogens is 566 g/mol. The van der Waals surface area contributed by atoms with Crippen LogP contribution in [0.3, 0.4) is 0 Å². The van der Waals surface area contributed by atoms with Crippen molar-refractivity contribution in [2.75, 3.05) is 13.2 Å². The molecule has 44 heavy (non-hydrogen) atoms. The molecule has 3 atom stereocenters. The zero-order chi connectivity index (χ0) is 32.1. The number of carboxylic acid groups (broad SMARTS) is 1. The molecule has 2 aliphatic rings. The van der Waals surface area contributed by atoms with Gasteiger partial charge in [0, 0.05) is 36.6 Å². The lowest BCUT2D eigenvalue weighted by Gasteiger charge is -2.33. The van der Waals surface area contributed by atoms with Crippen LogP contribution in [0.25, 0.3) is 0 Å². The maximum Gasteiger partial charge on any atom is 0.412 e. The second-order valence-electron chi connectivity index (χ2n) is 11.7. The van der Waals surface area contributed by atoms with E-state index in [0.29, 0.717) is 18.6 Å². The molecule has 2 saturated heterocycles. The summed E-state index contributed by atoms with van der Waals surface area (Å²) in [6, 6.07) is 12.3. The van der Waals surface area contributed by atoms with E-state index in [2.05, 4.69) is 18.8 Å². The van der Waals surface area contributed by atoms with Crippen LogP contribution < -0.4 is 5.73 Å². The number of rotatable bonds is 11. The first-order chi connectivity index (χ1) is 21.0. The van der Waals surface area contributed by atoms with Crippen molar-refractivity contribution in [1.82, 2.24) is 9.88 Å². The molecule has 2 aliphatic heterocycles. The van der Waals surface area contributed by atoms with Crippen LogP contribution in [0, 0.1) is 5.92 Å². The van der Waals surface area contributed by atoms with Crippen molar-refractivity contribution in [2.45, 2.75) is 90.6 Å². The van der Waals surface area contributed by atoms with Crippen LogP contribution in [0.5, 0.6) is 0 Å². The zero-order valence-electron chi connectivity index (χ0n) is 26.0. The van der Waals surface area contributed by atoms with Gasteiger partial charge in [-0.05, 0) is 69.2 Å². The van der Waals surface area contributed by atoms with E-state index in [-0.39, 0.29) is 43.5 Å². The van der Waals surface area contributed by atoms with Crippen molar-refractivity contribution in [3.05, 3.63) is 77.6 Å². The molecule has 1 aromatic heterocycles. The van der Waals surface area contributed by atoms with Gasteiger partial charge in [-0.25, -0.2) is 9.59 Å². The number of amides is 2. The molecule has 0 spiro atoms. The van der Waals surface area contributed by atoms with Crippen molar-refractivity contribution in [3.8, 4) is 0 Å². The number of nitrogens with two attached hydrogens (primary N) is 1. The van der Waals surface area contributed by atoms with Gasteiger partial charge in [-0.3, -0.25) is 14.7 Å².